The molecule has 1 fully saturated rings. The molecule has 1 aliphatic heterocycles. The monoisotopic (exact) mass is 456 g/mol. The Morgan fingerprint density at radius 2 is 1.85 bits per heavy atom. The molecule has 2 heterocycles. The van der Waals surface area contributed by atoms with Crippen molar-refractivity contribution >= 4 is 23.1 Å². The number of aryl methyl sites for hydroxylation is 2. The Kier molecular flexibility index (Phi) is 6.50. The number of amides is 1. The van der Waals surface area contributed by atoms with Gasteiger partial charge >= 0.3 is 0 Å². The van der Waals surface area contributed by atoms with Gasteiger partial charge in [-0.05, 0) is 55.7 Å². The lowest BCUT2D eigenvalue weighted by Crippen LogP contribution is -2.30. The van der Waals surface area contributed by atoms with Crippen molar-refractivity contribution in [3.8, 4) is 5.75 Å². The van der Waals surface area contributed by atoms with Crippen molar-refractivity contribution in [2.24, 2.45) is 5.92 Å². The molecule has 1 saturated heterocycles. The predicted octanol–water partition coefficient (Wildman–Crippen LogP) is 5.36. The number of hydrogen-bond donors (Lipinski definition) is 1. The molecule has 1 atom stereocenters. The zero-order valence-corrected chi connectivity index (χ0v) is 19.8. The highest BCUT2D eigenvalue weighted by molar-refractivity contribution is 6.51. The van der Waals surface area contributed by atoms with E-state index >= 15 is 0 Å². The number of aromatic nitrogens is 1. The molecule has 1 aromatic heterocycles. The Morgan fingerprint density at radius 3 is 2.53 bits per heavy atom. The predicted molar refractivity (Wildman–Crippen MR) is 132 cm³/mol. The minimum absolute atomic E-state index is 0.00434. The molecule has 1 aliphatic rings. The fourth-order valence-electron chi connectivity index (χ4n) is 4.13. The summed E-state index contributed by atoms with van der Waals surface area (Å²) in [6, 6.07) is 17.1. The Labute approximate surface area is 199 Å². The fraction of sp³-hybridized carbons (Fsp3) is 0.250. The zero-order valence-electron chi connectivity index (χ0n) is 19.8. The number of nitrogens with zero attached hydrogens (tertiary/aromatic N) is 2. The minimum atomic E-state index is -0.858. The largest absolute Gasteiger partial charge is 0.507 e. The second-order valence-corrected chi connectivity index (χ2v) is 8.95. The van der Waals surface area contributed by atoms with Crippen LogP contribution in [-0.2, 0) is 9.59 Å². The molecule has 1 amide bonds. The number of Topliss-reactive ketones (excluding diaryl/α,β-unsaturated/α-hetero) is 1. The van der Waals surface area contributed by atoms with Gasteiger partial charge in [0.25, 0.3) is 11.7 Å². The standard InChI is InChI=1S/C28H28N2O4/c1-17(2)16-34-21-9-7-8-20(15-21)26(31)24-25(22-10-5-6-13-29-22)30(28(33)27(24)32)23-12-11-18(3)14-19(23)4/h5-15,17,25,31H,16H2,1-4H3/b26-24+. The van der Waals surface area contributed by atoms with Crippen LogP contribution in [-0.4, -0.2) is 28.4 Å². The van der Waals surface area contributed by atoms with Gasteiger partial charge in [0.1, 0.15) is 17.6 Å². The van der Waals surface area contributed by atoms with E-state index in [1.54, 1.807) is 48.7 Å². The highest BCUT2D eigenvalue weighted by Gasteiger charge is 2.48. The SMILES string of the molecule is Cc1ccc(N2C(=O)C(=O)/C(=C(/O)c3cccc(OCC(C)C)c3)C2c2ccccn2)c(C)c1. The number of rotatable bonds is 6. The molecule has 0 spiro atoms. The van der Waals surface area contributed by atoms with Crippen LogP contribution in [0.2, 0.25) is 0 Å². The van der Waals surface area contributed by atoms with Gasteiger partial charge in [0.15, 0.2) is 0 Å². The van der Waals surface area contributed by atoms with E-state index in [1.807, 2.05) is 45.9 Å². The normalized spacial score (nSPS) is 17.4. The lowest BCUT2D eigenvalue weighted by molar-refractivity contribution is -0.132. The van der Waals surface area contributed by atoms with Gasteiger partial charge < -0.3 is 9.84 Å². The summed E-state index contributed by atoms with van der Waals surface area (Å²) in [5.41, 5.74) is 3.41. The molecular formula is C28H28N2O4. The number of anilines is 1. The van der Waals surface area contributed by atoms with Crippen LogP contribution in [0.5, 0.6) is 5.75 Å². The third kappa shape index (κ3) is 4.44. The van der Waals surface area contributed by atoms with E-state index in [-0.39, 0.29) is 11.3 Å². The van der Waals surface area contributed by atoms with Gasteiger partial charge in [0.05, 0.1) is 17.9 Å². The van der Waals surface area contributed by atoms with Crippen LogP contribution in [0.25, 0.3) is 5.76 Å². The van der Waals surface area contributed by atoms with Gasteiger partial charge in [-0.25, -0.2) is 0 Å². The van der Waals surface area contributed by atoms with E-state index in [2.05, 4.69) is 4.98 Å². The number of pyridine rings is 1. The molecule has 2 aromatic carbocycles. The molecule has 6 heteroatoms. The third-order valence-electron chi connectivity index (χ3n) is 5.71. The molecule has 3 aromatic rings. The molecule has 0 saturated carbocycles. The van der Waals surface area contributed by atoms with Gasteiger partial charge in [0.2, 0.25) is 0 Å². The van der Waals surface area contributed by atoms with E-state index in [0.717, 1.165) is 11.1 Å². The molecule has 0 radical (unpaired) electrons. The van der Waals surface area contributed by atoms with E-state index in [4.69, 9.17) is 4.74 Å². The van der Waals surface area contributed by atoms with E-state index in [1.165, 1.54) is 4.90 Å². The van der Waals surface area contributed by atoms with Crippen molar-refractivity contribution in [1.82, 2.24) is 4.98 Å². The van der Waals surface area contributed by atoms with Crippen molar-refractivity contribution in [3.63, 3.8) is 0 Å². The molecule has 4 rings (SSSR count). The summed E-state index contributed by atoms with van der Waals surface area (Å²) in [5, 5.41) is 11.3. The maximum Gasteiger partial charge on any atom is 0.300 e. The Balaban J connectivity index is 1.87. The molecular weight excluding hydrogens is 428 g/mol. The summed E-state index contributed by atoms with van der Waals surface area (Å²) in [6.07, 6.45) is 1.61. The first-order valence-corrected chi connectivity index (χ1v) is 11.3. The van der Waals surface area contributed by atoms with Crippen LogP contribution in [0.3, 0.4) is 0 Å². The highest BCUT2D eigenvalue weighted by atomic mass is 16.5. The van der Waals surface area contributed by atoms with Gasteiger partial charge in [0, 0.05) is 17.4 Å². The summed E-state index contributed by atoms with van der Waals surface area (Å²) >= 11 is 0. The number of aliphatic hydroxyl groups is 1. The topological polar surface area (TPSA) is 79.7 Å². The number of benzene rings is 2. The molecule has 6 nitrogen and oxygen atoms in total. The lowest BCUT2D eigenvalue weighted by Gasteiger charge is -2.26. The second-order valence-electron chi connectivity index (χ2n) is 8.95. The third-order valence-corrected chi connectivity index (χ3v) is 5.71. The van der Waals surface area contributed by atoms with Gasteiger partial charge in [-0.2, -0.15) is 0 Å². The first-order chi connectivity index (χ1) is 16.3. The quantitative estimate of drug-likeness (QED) is 0.307. The number of carbonyl (C=O) groups is 2. The Bertz CT molecular complexity index is 1260. The summed E-state index contributed by atoms with van der Waals surface area (Å²) in [4.78, 5) is 32.5. The molecule has 0 bridgehead atoms. The van der Waals surface area contributed by atoms with Gasteiger partial charge in [-0.1, -0.05) is 49.7 Å². The van der Waals surface area contributed by atoms with Gasteiger partial charge in [-0.3, -0.25) is 19.5 Å². The summed E-state index contributed by atoms with van der Waals surface area (Å²) in [5.74, 6) is -0.783. The number of ether oxygens (including phenoxy) is 1. The summed E-state index contributed by atoms with van der Waals surface area (Å²) < 4.78 is 5.79. The zero-order chi connectivity index (χ0) is 24.4. The fourth-order valence-corrected chi connectivity index (χ4v) is 4.13. The maximum atomic E-state index is 13.3. The maximum absolute atomic E-state index is 13.3. The van der Waals surface area contributed by atoms with Crippen molar-refractivity contribution < 1.29 is 19.4 Å². The van der Waals surface area contributed by atoms with Crippen molar-refractivity contribution in [3.05, 3.63) is 94.8 Å². The summed E-state index contributed by atoms with van der Waals surface area (Å²) in [6.45, 7) is 8.48. The molecule has 1 unspecified atom stereocenters. The van der Waals surface area contributed by atoms with Crippen molar-refractivity contribution in [2.75, 3.05) is 11.5 Å². The lowest BCUT2D eigenvalue weighted by atomic mass is 9.97. The number of hydrogen-bond acceptors (Lipinski definition) is 5. The molecule has 0 aliphatic carbocycles. The van der Waals surface area contributed by atoms with Crippen LogP contribution >= 0.6 is 0 Å². The van der Waals surface area contributed by atoms with Crippen molar-refractivity contribution in [1.29, 1.82) is 0 Å². The Hall–Kier alpha value is -3.93. The molecule has 1 N–H and O–H groups in total. The van der Waals surface area contributed by atoms with Crippen LogP contribution in [0.15, 0.2) is 72.4 Å². The Morgan fingerprint density at radius 1 is 1.06 bits per heavy atom. The number of carbonyl (C=O) groups excluding carboxylic acids is 2. The number of ketones is 1. The van der Waals surface area contributed by atoms with Crippen LogP contribution in [0.4, 0.5) is 5.69 Å². The van der Waals surface area contributed by atoms with Crippen LogP contribution in [0, 0.1) is 19.8 Å². The van der Waals surface area contributed by atoms with Crippen LogP contribution in [0.1, 0.15) is 42.3 Å². The first-order valence-electron chi connectivity index (χ1n) is 11.3. The van der Waals surface area contributed by atoms with E-state index in [0.29, 0.717) is 35.2 Å². The van der Waals surface area contributed by atoms with E-state index < -0.39 is 17.7 Å². The minimum Gasteiger partial charge on any atom is -0.507 e. The average Bonchev–Trinajstić information content (AvgIpc) is 3.08. The summed E-state index contributed by atoms with van der Waals surface area (Å²) in [7, 11) is 0. The van der Waals surface area contributed by atoms with E-state index in [9.17, 15) is 14.7 Å². The van der Waals surface area contributed by atoms with Gasteiger partial charge in [-0.15, -0.1) is 0 Å². The first kappa shape index (κ1) is 23.2. The number of aliphatic hydroxyl groups excluding tert-OH is 1. The average molecular weight is 457 g/mol. The smallest absolute Gasteiger partial charge is 0.300 e. The van der Waals surface area contributed by atoms with Crippen molar-refractivity contribution in [2.45, 2.75) is 33.7 Å². The van der Waals surface area contributed by atoms with Crippen LogP contribution < -0.4 is 9.64 Å². The second kappa shape index (κ2) is 9.51. The highest BCUT2D eigenvalue weighted by Crippen LogP contribution is 2.42. The molecule has 174 valence electrons. The molecule has 34 heavy (non-hydrogen) atoms.